The Bertz CT molecular complexity index is 574. The normalized spacial score (nSPS) is 12.2. The molecule has 0 aliphatic heterocycles. The van der Waals surface area contributed by atoms with Gasteiger partial charge in [-0.2, -0.15) is 0 Å². The maximum absolute atomic E-state index is 13.7. The molecule has 19 heavy (non-hydrogen) atoms. The van der Waals surface area contributed by atoms with Gasteiger partial charge in [-0.05, 0) is 30.7 Å². The summed E-state index contributed by atoms with van der Waals surface area (Å²) in [5.74, 6) is -0.194. The first kappa shape index (κ1) is 14.0. The van der Waals surface area contributed by atoms with Gasteiger partial charge in [0.05, 0.1) is 0 Å². The molecule has 2 aromatic carbocycles. The van der Waals surface area contributed by atoms with Crippen molar-refractivity contribution in [1.29, 1.82) is 0 Å². The fourth-order valence-corrected chi connectivity index (χ4v) is 2.18. The minimum absolute atomic E-state index is 0.208. The Kier molecular flexibility index (Phi) is 4.56. The molecule has 1 unspecified atom stereocenters. The maximum Gasteiger partial charge on any atom is 0.166 e. The largest absolute Gasteiger partial charge is 0.481 e. The van der Waals surface area contributed by atoms with Gasteiger partial charge in [0.2, 0.25) is 0 Å². The number of ether oxygens (including phenoxy) is 1. The van der Waals surface area contributed by atoms with Crippen molar-refractivity contribution in [3.8, 4) is 5.75 Å². The first-order chi connectivity index (χ1) is 9.10. The molecular weight excluding hydrogens is 309 g/mol. The molecule has 0 aliphatic carbocycles. The third-order valence-corrected chi connectivity index (χ3v) is 3.28. The highest BCUT2D eigenvalue weighted by Crippen LogP contribution is 2.26. The van der Waals surface area contributed by atoms with E-state index in [9.17, 15) is 4.39 Å². The zero-order valence-electron chi connectivity index (χ0n) is 10.6. The zero-order chi connectivity index (χ0) is 13.8. The molecule has 2 nitrogen and oxygen atoms in total. The van der Waals surface area contributed by atoms with Gasteiger partial charge < -0.3 is 10.5 Å². The molecule has 0 spiro atoms. The summed E-state index contributed by atoms with van der Waals surface area (Å²) in [6.07, 6.45) is -0.351. The van der Waals surface area contributed by atoms with Crippen LogP contribution in [-0.2, 0) is 0 Å². The van der Waals surface area contributed by atoms with Crippen molar-refractivity contribution in [3.63, 3.8) is 0 Å². The van der Waals surface area contributed by atoms with E-state index >= 15 is 0 Å². The molecule has 4 heteroatoms. The molecule has 1 atom stereocenters. The van der Waals surface area contributed by atoms with Crippen LogP contribution < -0.4 is 10.5 Å². The lowest BCUT2D eigenvalue weighted by molar-refractivity contribution is 0.204. The molecule has 2 aromatic rings. The quantitative estimate of drug-likeness (QED) is 0.923. The van der Waals surface area contributed by atoms with E-state index in [0.29, 0.717) is 11.0 Å². The number of rotatable bonds is 4. The molecule has 0 saturated heterocycles. The molecular formula is C15H15BrFNO. The zero-order valence-corrected chi connectivity index (χ0v) is 12.2. The van der Waals surface area contributed by atoms with E-state index in [4.69, 9.17) is 10.5 Å². The van der Waals surface area contributed by atoms with Crippen LogP contribution in [0.1, 0.15) is 17.2 Å². The Morgan fingerprint density at radius 2 is 2.05 bits per heavy atom. The highest BCUT2D eigenvalue weighted by atomic mass is 79.9. The third kappa shape index (κ3) is 3.55. The highest BCUT2D eigenvalue weighted by Gasteiger charge is 2.14. The average Bonchev–Trinajstić information content (AvgIpc) is 2.38. The molecule has 100 valence electrons. The van der Waals surface area contributed by atoms with Gasteiger partial charge in [0.15, 0.2) is 11.6 Å². The molecule has 0 fully saturated rings. The van der Waals surface area contributed by atoms with Crippen LogP contribution in [0.15, 0.2) is 46.9 Å². The highest BCUT2D eigenvalue weighted by molar-refractivity contribution is 9.10. The summed E-state index contributed by atoms with van der Waals surface area (Å²) in [4.78, 5) is 0. The molecule has 0 amide bonds. The molecule has 0 bridgehead atoms. The predicted octanol–water partition coefficient (Wildman–Crippen LogP) is 3.98. The summed E-state index contributed by atoms with van der Waals surface area (Å²) in [5, 5.41) is 0. The van der Waals surface area contributed by atoms with Crippen molar-refractivity contribution < 1.29 is 9.13 Å². The molecule has 2 rings (SSSR count). The van der Waals surface area contributed by atoms with Crippen molar-refractivity contribution in [1.82, 2.24) is 0 Å². The Morgan fingerprint density at radius 3 is 2.68 bits per heavy atom. The van der Waals surface area contributed by atoms with Crippen molar-refractivity contribution in [2.45, 2.75) is 13.0 Å². The summed E-state index contributed by atoms with van der Waals surface area (Å²) in [5.41, 5.74) is 7.80. The second-order valence-corrected chi connectivity index (χ2v) is 5.25. The van der Waals surface area contributed by atoms with Gasteiger partial charge in [-0.25, -0.2) is 4.39 Å². The smallest absolute Gasteiger partial charge is 0.166 e. The van der Waals surface area contributed by atoms with Crippen LogP contribution >= 0.6 is 15.9 Å². The van der Waals surface area contributed by atoms with Crippen LogP contribution in [0.25, 0.3) is 0 Å². The van der Waals surface area contributed by atoms with Crippen LogP contribution in [0.5, 0.6) is 5.75 Å². The predicted molar refractivity (Wildman–Crippen MR) is 77.7 cm³/mol. The Labute approximate surface area is 120 Å². The molecule has 0 saturated carbocycles. The summed E-state index contributed by atoms with van der Waals surface area (Å²) in [6.45, 7) is 2.29. The summed E-state index contributed by atoms with van der Waals surface area (Å²) < 4.78 is 20.1. The minimum atomic E-state index is -0.402. The SMILES string of the molecule is Cc1cccc(C(CN)Oc2ccc(Br)cc2F)c1. The summed E-state index contributed by atoms with van der Waals surface area (Å²) >= 11 is 3.21. The topological polar surface area (TPSA) is 35.2 Å². The van der Waals surface area contributed by atoms with Gasteiger partial charge in [-0.3, -0.25) is 0 Å². The van der Waals surface area contributed by atoms with E-state index in [-0.39, 0.29) is 11.9 Å². The second-order valence-electron chi connectivity index (χ2n) is 4.33. The Balaban J connectivity index is 2.24. The number of hydrogen-bond donors (Lipinski definition) is 1. The summed E-state index contributed by atoms with van der Waals surface area (Å²) in [7, 11) is 0. The van der Waals surface area contributed by atoms with Crippen LogP contribution in [0.2, 0.25) is 0 Å². The van der Waals surface area contributed by atoms with E-state index in [2.05, 4.69) is 15.9 Å². The fourth-order valence-electron chi connectivity index (χ4n) is 1.85. The van der Waals surface area contributed by atoms with Gasteiger partial charge in [0, 0.05) is 11.0 Å². The van der Waals surface area contributed by atoms with Crippen LogP contribution in [0, 0.1) is 12.7 Å². The van der Waals surface area contributed by atoms with Crippen molar-refractivity contribution >= 4 is 15.9 Å². The molecule has 0 heterocycles. The van der Waals surface area contributed by atoms with Gasteiger partial charge in [0.1, 0.15) is 6.10 Å². The number of hydrogen-bond acceptors (Lipinski definition) is 2. The van der Waals surface area contributed by atoms with Crippen molar-refractivity contribution in [3.05, 3.63) is 63.9 Å². The molecule has 0 aromatic heterocycles. The Morgan fingerprint density at radius 1 is 1.26 bits per heavy atom. The molecule has 0 radical (unpaired) electrons. The maximum atomic E-state index is 13.7. The molecule has 2 N–H and O–H groups in total. The number of benzene rings is 2. The number of nitrogens with two attached hydrogens (primary N) is 1. The van der Waals surface area contributed by atoms with Gasteiger partial charge in [-0.15, -0.1) is 0 Å². The van der Waals surface area contributed by atoms with Crippen LogP contribution in [0.4, 0.5) is 4.39 Å². The van der Waals surface area contributed by atoms with Gasteiger partial charge in [-0.1, -0.05) is 45.8 Å². The number of aryl methyl sites for hydroxylation is 1. The lowest BCUT2D eigenvalue weighted by atomic mass is 10.1. The molecule has 0 aliphatic rings. The van der Waals surface area contributed by atoms with E-state index in [1.165, 1.54) is 6.07 Å². The Hall–Kier alpha value is -1.39. The van der Waals surface area contributed by atoms with E-state index in [0.717, 1.165) is 11.1 Å². The standard InChI is InChI=1S/C15H15BrFNO/c1-10-3-2-4-11(7-10)15(9-18)19-14-6-5-12(16)8-13(14)17/h2-8,15H,9,18H2,1H3. The lowest BCUT2D eigenvalue weighted by Crippen LogP contribution is -2.19. The van der Waals surface area contributed by atoms with Crippen molar-refractivity contribution in [2.75, 3.05) is 6.54 Å². The second kappa shape index (κ2) is 6.17. The van der Waals surface area contributed by atoms with E-state index < -0.39 is 5.82 Å². The third-order valence-electron chi connectivity index (χ3n) is 2.79. The van der Waals surface area contributed by atoms with Gasteiger partial charge >= 0.3 is 0 Å². The summed E-state index contributed by atoms with van der Waals surface area (Å²) in [6, 6.07) is 12.6. The first-order valence-electron chi connectivity index (χ1n) is 5.98. The van der Waals surface area contributed by atoms with Gasteiger partial charge in [0.25, 0.3) is 0 Å². The van der Waals surface area contributed by atoms with Crippen LogP contribution in [0.3, 0.4) is 0 Å². The average molecular weight is 324 g/mol. The van der Waals surface area contributed by atoms with Crippen LogP contribution in [-0.4, -0.2) is 6.54 Å². The monoisotopic (exact) mass is 323 g/mol. The van der Waals surface area contributed by atoms with E-state index in [1.54, 1.807) is 12.1 Å². The number of halogens is 2. The van der Waals surface area contributed by atoms with Crippen molar-refractivity contribution in [2.24, 2.45) is 5.73 Å². The first-order valence-corrected chi connectivity index (χ1v) is 6.78. The fraction of sp³-hybridized carbons (Fsp3) is 0.200. The minimum Gasteiger partial charge on any atom is -0.481 e. The lowest BCUT2D eigenvalue weighted by Gasteiger charge is -2.18. The van der Waals surface area contributed by atoms with E-state index in [1.807, 2.05) is 31.2 Å².